The van der Waals surface area contributed by atoms with E-state index in [2.05, 4.69) is 9.93 Å². The summed E-state index contributed by atoms with van der Waals surface area (Å²) in [6.45, 7) is 0. The molecular weight excluding hydrogens is 312 g/mol. The van der Waals surface area contributed by atoms with Gasteiger partial charge < -0.3 is 52.9 Å². The van der Waals surface area contributed by atoms with Gasteiger partial charge in [-0.2, -0.15) is 0 Å². The molecular formula is C8H16MgO12. The first kappa shape index (κ1) is 42.7. The van der Waals surface area contributed by atoms with E-state index < -0.39 is 11.9 Å². The minimum atomic E-state index is -1.54. The Morgan fingerprint density at radius 3 is 1.57 bits per heavy atom. The molecule has 0 aromatic heterocycles. The molecule has 0 atom stereocenters. The summed E-state index contributed by atoms with van der Waals surface area (Å²) in [4.78, 5) is 25.1. The zero-order valence-corrected chi connectivity index (χ0v) is 11.9. The van der Waals surface area contributed by atoms with Gasteiger partial charge in [-0.25, -0.2) is 9.83 Å². The number of benzene rings is 1. The molecule has 0 saturated carbocycles. The van der Waals surface area contributed by atoms with Gasteiger partial charge >= 0.3 is 29.0 Å². The predicted octanol–water partition coefficient (Wildman–Crippen LogP) is -6.92. The number of aromatic carboxylic acids is 1. The first-order chi connectivity index (χ1) is 6.66. The maximum absolute atomic E-state index is 10.9. The second-order valence-electron chi connectivity index (χ2n) is 2.27. The molecule has 12 N–H and O–H groups in total. The first-order valence-corrected chi connectivity index (χ1v) is 3.48. The predicted molar refractivity (Wildman–Crippen MR) is 64.7 cm³/mol. The van der Waals surface area contributed by atoms with Crippen molar-refractivity contribution in [1.82, 2.24) is 0 Å². The van der Waals surface area contributed by atoms with Crippen molar-refractivity contribution in [3.8, 4) is 0 Å². The summed E-state index contributed by atoms with van der Waals surface area (Å²) in [7, 11) is 0. The number of hydrogen-bond acceptors (Lipinski definition) is 6. The molecule has 12 nitrogen and oxygen atoms in total. The van der Waals surface area contributed by atoms with Crippen molar-refractivity contribution >= 4 is 35.0 Å². The molecule has 0 saturated heterocycles. The van der Waals surface area contributed by atoms with Gasteiger partial charge in [0.1, 0.15) is 0 Å². The maximum atomic E-state index is 10.9. The van der Waals surface area contributed by atoms with Crippen LogP contribution in [0.2, 0.25) is 0 Å². The Hall–Kier alpha value is -1.39. The normalized spacial score (nSPS) is 6.33. The number of hydrogen-bond donors (Lipinski definition) is 0. The van der Waals surface area contributed by atoms with Crippen LogP contribution in [0.3, 0.4) is 0 Å². The van der Waals surface area contributed by atoms with Crippen molar-refractivity contribution in [2.45, 2.75) is 0 Å². The molecule has 0 spiro atoms. The van der Waals surface area contributed by atoms with E-state index in [-0.39, 0.29) is 67.0 Å². The Morgan fingerprint density at radius 1 is 0.857 bits per heavy atom. The third kappa shape index (κ3) is 12.1. The van der Waals surface area contributed by atoms with Crippen molar-refractivity contribution in [1.29, 1.82) is 0 Å². The van der Waals surface area contributed by atoms with Crippen molar-refractivity contribution in [3.05, 3.63) is 35.4 Å². The first-order valence-electron chi connectivity index (χ1n) is 3.48. The average molecular weight is 329 g/mol. The maximum Gasteiger partial charge on any atom is 2.00 e. The zero-order valence-electron chi connectivity index (χ0n) is 10.5. The fourth-order valence-corrected chi connectivity index (χ4v) is 0.915. The van der Waals surface area contributed by atoms with Gasteiger partial charge in [0.25, 0.3) is 0 Å². The van der Waals surface area contributed by atoms with E-state index in [9.17, 15) is 20.0 Å². The molecule has 122 valence electrons. The van der Waals surface area contributed by atoms with E-state index in [1.165, 1.54) is 18.2 Å². The monoisotopic (exact) mass is 328 g/mol. The van der Waals surface area contributed by atoms with Gasteiger partial charge in [0.2, 0.25) is 0 Å². The molecule has 1 aromatic rings. The van der Waals surface area contributed by atoms with E-state index in [1.54, 1.807) is 0 Å². The second kappa shape index (κ2) is 20.9. The van der Waals surface area contributed by atoms with Gasteiger partial charge in [-0.15, -0.1) is 0 Å². The number of carboxylic acid groups (broad SMARTS) is 1. The van der Waals surface area contributed by atoms with Crippen LogP contribution in [-0.2, 0) is 9.93 Å². The minimum Gasteiger partial charge on any atom is -0.681 e. The third-order valence-electron chi connectivity index (χ3n) is 1.48. The van der Waals surface area contributed by atoms with Crippen LogP contribution >= 0.6 is 0 Å². The van der Waals surface area contributed by atoms with E-state index in [0.29, 0.717) is 0 Å². The molecule has 0 aliphatic heterocycles. The smallest absolute Gasteiger partial charge is 0.681 e. The quantitative estimate of drug-likeness (QED) is 0.294. The van der Waals surface area contributed by atoms with Crippen LogP contribution in [0.15, 0.2) is 24.3 Å². The molecule has 0 radical (unpaired) electrons. The summed E-state index contributed by atoms with van der Waals surface area (Å²) in [5.41, 5.74) is -0.669. The molecule has 0 amide bonds. The second-order valence-corrected chi connectivity index (χ2v) is 2.27. The topological polar surface area (TPSA) is 288 Å². The Bertz CT molecular complexity index is 370. The molecule has 21 heavy (non-hydrogen) atoms. The number of rotatable bonds is 3. The van der Waals surface area contributed by atoms with Crippen LogP contribution in [0.4, 0.5) is 0 Å². The standard InChI is InChI=1S/C8H6O6.Mg.6H2O/c9-7(10)5-3-1-2-4-6(5)8(11)13-14-12;;;;;;;/h1-4,12H,(H,9,10);;6*1H2/q;+2;;;;;;/p-2. The van der Waals surface area contributed by atoms with Gasteiger partial charge in [0.15, 0.2) is 0 Å². The third-order valence-corrected chi connectivity index (χ3v) is 1.48. The van der Waals surface area contributed by atoms with Crippen molar-refractivity contribution in [2.75, 3.05) is 0 Å². The average Bonchev–Trinajstić information content (AvgIpc) is 2.18. The van der Waals surface area contributed by atoms with Gasteiger partial charge in [-0.1, -0.05) is 18.2 Å². The molecule has 0 heterocycles. The van der Waals surface area contributed by atoms with Crippen LogP contribution in [0.25, 0.3) is 0 Å². The van der Waals surface area contributed by atoms with Crippen LogP contribution in [0, 0.1) is 0 Å². The van der Waals surface area contributed by atoms with Crippen LogP contribution in [0.1, 0.15) is 20.7 Å². The van der Waals surface area contributed by atoms with Crippen molar-refractivity contribution in [2.24, 2.45) is 0 Å². The van der Waals surface area contributed by atoms with E-state index in [4.69, 9.17) is 0 Å². The molecule has 1 aromatic carbocycles. The van der Waals surface area contributed by atoms with Crippen LogP contribution in [-0.4, -0.2) is 67.8 Å². The Labute approximate surface area is 133 Å². The van der Waals surface area contributed by atoms with Gasteiger partial charge in [-0.05, 0) is 6.07 Å². The number of carbonyl (C=O) groups excluding carboxylic acids is 2. The molecule has 1 rings (SSSR count). The molecule has 0 fully saturated rings. The number of carboxylic acids is 1. The summed E-state index contributed by atoms with van der Waals surface area (Å²) in [6, 6.07) is 5.14. The van der Waals surface area contributed by atoms with Gasteiger partial charge in [-0.3, -0.25) is 0 Å². The summed E-state index contributed by atoms with van der Waals surface area (Å²) in [6.07, 6.45) is 0. The van der Waals surface area contributed by atoms with Gasteiger partial charge in [0.05, 0.1) is 11.5 Å². The fraction of sp³-hybridized carbons (Fsp3) is 0. The fourth-order valence-electron chi connectivity index (χ4n) is 0.915. The zero-order chi connectivity index (χ0) is 10.6. The summed E-state index contributed by atoms with van der Waals surface area (Å²) in [5, 5.41) is 22.9. The van der Waals surface area contributed by atoms with Crippen molar-refractivity contribution in [3.63, 3.8) is 0 Å². The largest absolute Gasteiger partial charge is 2.00 e. The minimum absolute atomic E-state index is 0. The Morgan fingerprint density at radius 2 is 1.24 bits per heavy atom. The van der Waals surface area contributed by atoms with E-state index >= 15 is 0 Å². The molecule has 0 aliphatic carbocycles. The summed E-state index contributed by atoms with van der Waals surface area (Å²) < 4.78 is 0. The molecule has 0 unspecified atom stereocenters. The SMILES string of the molecule is O.O.O.O.O.O.O=C([O-])c1ccccc1C(=O)OO[O-].[Mg+2]. The van der Waals surface area contributed by atoms with Crippen molar-refractivity contribution < 1.29 is 62.7 Å². The van der Waals surface area contributed by atoms with Crippen LogP contribution < -0.4 is 10.4 Å². The van der Waals surface area contributed by atoms with Gasteiger partial charge in [0, 0.05) is 5.56 Å². The van der Waals surface area contributed by atoms with Crippen LogP contribution in [0.5, 0.6) is 0 Å². The molecule has 13 heteroatoms. The summed E-state index contributed by atoms with van der Waals surface area (Å²) >= 11 is 0. The Balaban J connectivity index is -0.0000000560. The molecule has 0 bridgehead atoms. The Kier molecular flexibility index (Phi) is 42.5. The van der Waals surface area contributed by atoms with E-state index in [1.807, 2.05) is 0 Å². The number of carbonyl (C=O) groups is 2. The molecule has 0 aliphatic rings. The van der Waals surface area contributed by atoms with E-state index in [0.717, 1.165) is 6.07 Å². The summed E-state index contributed by atoms with van der Waals surface area (Å²) in [5.74, 6) is -2.72.